The Morgan fingerprint density at radius 1 is 1.38 bits per heavy atom. The Bertz CT molecular complexity index is 474. The Morgan fingerprint density at radius 3 is 2.31 bits per heavy atom. The van der Waals surface area contributed by atoms with Crippen LogP contribution in [0.3, 0.4) is 0 Å². The first kappa shape index (κ1) is 12.3. The van der Waals surface area contributed by atoms with Crippen LogP contribution in [-0.4, -0.2) is 15.0 Å². The molecule has 1 aromatic rings. The van der Waals surface area contributed by atoms with Gasteiger partial charge in [-0.3, -0.25) is 20.2 Å². The van der Waals surface area contributed by atoms with Crippen molar-refractivity contribution >= 4 is 23.0 Å². The van der Waals surface area contributed by atoms with Crippen LogP contribution in [0.5, 0.6) is 0 Å². The number of benzene rings is 1. The second-order valence-electron chi connectivity index (χ2n) is 3.01. The third kappa shape index (κ3) is 1.95. The molecule has 0 heterocycles. The van der Waals surface area contributed by atoms with Crippen molar-refractivity contribution in [2.24, 2.45) is 0 Å². The fourth-order valence-electron chi connectivity index (χ4n) is 1.29. The van der Waals surface area contributed by atoms with E-state index in [1.165, 1.54) is 6.92 Å². The molecule has 0 radical (unpaired) electrons. The Balaban J connectivity index is 3.64. The van der Waals surface area contributed by atoms with Crippen LogP contribution in [0.25, 0.3) is 0 Å². The van der Waals surface area contributed by atoms with E-state index in [1.54, 1.807) is 0 Å². The number of hydrogen-bond donors (Lipinski definition) is 1. The molecule has 8 heteroatoms. The quantitative estimate of drug-likeness (QED) is 0.648. The summed E-state index contributed by atoms with van der Waals surface area (Å²) in [4.78, 5) is 19.7. The standard InChI is InChI=1S/C8H7ClN2O5/c1-4-5(3-12)2-6(10(13)14)7(9)8(4)11(15)16/h2,12H,3H2,1H3. The van der Waals surface area contributed by atoms with Crippen molar-refractivity contribution in [3.63, 3.8) is 0 Å². The SMILES string of the molecule is Cc1c(CO)cc([N+](=O)[O-])c(Cl)c1[N+](=O)[O-]. The summed E-state index contributed by atoms with van der Waals surface area (Å²) < 4.78 is 0. The van der Waals surface area contributed by atoms with Gasteiger partial charge in [-0.1, -0.05) is 11.6 Å². The average Bonchev–Trinajstić information content (AvgIpc) is 2.16. The lowest BCUT2D eigenvalue weighted by molar-refractivity contribution is -0.394. The van der Waals surface area contributed by atoms with Crippen LogP contribution in [0.2, 0.25) is 5.02 Å². The van der Waals surface area contributed by atoms with Gasteiger partial charge in [0.1, 0.15) is 0 Å². The van der Waals surface area contributed by atoms with Crippen LogP contribution in [-0.2, 0) is 6.61 Å². The smallest absolute Gasteiger partial charge is 0.298 e. The van der Waals surface area contributed by atoms with Gasteiger partial charge < -0.3 is 5.11 Å². The largest absolute Gasteiger partial charge is 0.392 e. The van der Waals surface area contributed by atoms with E-state index in [9.17, 15) is 20.2 Å². The minimum atomic E-state index is -0.825. The molecular formula is C8H7ClN2O5. The van der Waals surface area contributed by atoms with Crippen LogP contribution in [0.4, 0.5) is 11.4 Å². The zero-order chi connectivity index (χ0) is 12.5. The van der Waals surface area contributed by atoms with Crippen LogP contribution in [0.1, 0.15) is 11.1 Å². The predicted octanol–water partition coefficient (Wildman–Crippen LogP) is 1.96. The summed E-state index contributed by atoms with van der Waals surface area (Å²) in [6, 6.07) is 1.03. The number of nitro groups is 2. The molecule has 7 nitrogen and oxygen atoms in total. The summed E-state index contributed by atoms with van der Waals surface area (Å²) in [6.45, 7) is 0.851. The van der Waals surface area contributed by atoms with E-state index in [1.807, 2.05) is 0 Å². The molecule has 1 N–H and O–H groups in total. The minimum absolute atomic E-state index is 0.114. The number of rotatable bonds is 3. The Labute approximate surface area is 94.6 Å². The van der Waals surface area contributed by atoms with Gasteiger partial charge in [-0.2, -0.15) is 0 Å². The molecule has 0 bridgehead atoms. The number of nitro benzene ring substituents is 2. The van der Waals surface area contributed by atoms with E-state index in [-0.39, 0.29) is 11.1 Å². The molecular weight excluding hydrogens is 240 g/mol. The number of hydrogen-bond acceptors (Lipinski definition) is 5. The lowest BCUT2D eigenvalue weighted by Gasteiger charge is -2.05. The zero-order valence-corrected chi connectivity index (χ0v) is 8.89. The molecule has 0 spiro atoms. The summed E-state index contributed by atoms with van der Waals surface area (Å²) in [7, 11) is 0. The first-order valence-corrected chi connectivity index (χ1v) is 4.49. The average molecular weight is 247 g/mol. The summed E-state index contributed by atoms with van der Waals surface area (Å²) in [6.07, 6.45) is 0. The van der Waals surface area contributed by atoms with E-state index >= 15 is 0 Å². The molecule has 0 atom stereocenters. The first-order valence-electron chi connectivity index (χ1n) is 4.11. The third-order valence-corrected chi connectivity index (χ3v) is 2.50. The van der Waals surface area contributed by atoms with Gasteiger partial charge in [0.05, 0.1) is 16.5 Å². The maximum absolute atomic E-state index is 10.7. The summed E-state index contributed by atoms with van der Waals surface area (Å²) in [5.74, 6) is 0. The molecule has 16 heavy (non-hydrogen) atoms. The lowest BCUT2D eigenvalue weighted by atomic mass is 10.1. The van der Waals surface area contributed by atoms with Crippen LogP contribution in [0.15, 0.2) is 6.07 Å². The molecule has 86 valence electrons. The number of aliphatic hydroxyl groups is 1. The number of aliphatic hydroxyl groups excluding tert-OH is 1. The van der Waals surface area contributed by atoms with Gasteiger partial charge in [0.25, 0.3) is 11.4 Å². The van der Waals surface area contributed by atoms with Gasteiger partial charge in [-0.25, -0.2) is 0 Å². The zero-order valence-electron chi connectivity index (χ0n) is 8.14. The highest BCUT2D eigenvalue weighted by Crippen LogP contribution is 2.38. The monoisotopic (exact) mass is 246 g/mol. The third-order valence-electron chi connectivity index (χ3n) is 2.13. The fraction of sp³-hybridized carbons (Fsp3) is 0.250. The molecule has 0 amide bonds. The molecule has 0 aromatic heterocycles. The highest BCUT2D eigenvalue weighted by atomic mass is 35.5. The first-order chi connectivity index (χ1) is 7.40. The van der Waals surface area contributed by atoms with Crippen molar-refractivity contribution in [2.45, 2.75) is 13.5 Å². The second kappa shape index (κ2) is 4.42. The minimum Gasteiger partial charge on any atom is -0.392 e. The molecule has 0 unspecified atom stereocenters. The molecule has 1 aromatic carbocycles. The van der Waals surface area contributed by atoms with Gasteiger partial charge >= 0.3 is 0 Å². The molecule has 0 fully saturated rings. The fourth-order valence-corrected chi connectivity index (χ4v) is 1.62. The molecule has 0 saturated carbocycles. The van der Waals surface area contributed by atoms with Crippen molar-refractivity contribution in [3.8, 4) is 0 Å². The number of nitrogens with zero attached hydrogens (tertiary/aromatic N) is 2. The van der Waals surface area contributed by atoms with Crippen molar-refractivity contribution in [1.82, 2.24) is 0 Å². The normalized spacial score (nSPS) is 10.2. The predicted molar refractivity (Wildman–Crippen MR) is 55.4 cm³/mol. The lowest BCUT2D eigenvalue weighted by Crippen LogP contribution is -2.01. The van der Waals surface area contributed by atoms with E-state index in [0.717, 1.165) is 6.07 Å². The van der Waals surface area contributed by atoms with Gasteiger partial charge in [0.2, 0.25) is 0 Å². The summed E-state index contributed by atoms with van der Waals surface area (Å²) in [5.41, 5.74) is -0.881. The van der Waals surface area contributed by atoms with Gasteiger partial charge in [-0.05, 0) is 12.5 Å². The molecule has 1 rings (SSSR count). The Kier molecular flexibility index (Phi) is 3.41. The van der Waals surface area contributed by atoms with E-state index in [4.69, 9.17) is 16.7 Å². The van der Waals surface area contributed by atoms with Crippen molar-refractivity contribution in [2.75, 3.05) is 0 Å². The molecule has 0 aliphatic heterocycles. The topological polar surface area (TPSA) is 107 Å². The van der Waals surface area contributed by atoms with Crippen molar-refractivity contribution in [1.29, 1.82) is 0 Å². The summed E-state index contributed by atoms with van der Waals surface area (Å²) in [5, 5.41) is 29.7. The maximum Gasteiger partial charge on any atom is 0.298 e. The van der Waals surface area contributed by atoms with Gasteiger partial charge in [0.15, 0.2) is 5.02 Å². The Morgan fingerprint density at radius 2 is 1.94 bits per heavy atom. The van der Waals surface area contributed by atoms with Crippen LogP contribution in [0, 0.1) is 27.2 Å². The van der Waals surface area contributed by atoms with Gasteiger partial charge in [-0.15, -0.1) is 0 Å². The van der Waals surface area contributed by atoms with Crippen LogP contribution < -0.4 is 0 Å². The molecule has 0 aliphatic rings. The molecule has 0 saturated heterocycles. The van der Waals surface area contributed by atoms with E-state index < -0.39 is 32.9 Å². The van der Waals surface area contributed by atoms with Crippen molar-refractivity contribution < 1.29 is 15.0 Å². The Hall–Kier alpha value is -1.73. The molecule has 0 aliphatic carbocycles. The van der Waals surface area contributed by atoms with Crippen molar-refractivity contribution in [3.05, 3.63) is 42.4 Å². The van der Waals surface area contributed by atoms with Crippen LogP contribution >= 0.6 is 11.6 Å². The highest BCUT2D eigenvalue weighted by Gasteiger charge is 2.28. The highest BCUT2D eigenvalue weighted by molar-refractivity contribution is 6.35. The number of halogens is 1. The van der Waals surface area contributed by atoms with E-state index in [0.29, 0.717) is 0 Å². The van der Waals surface area contributed by atoms with Gasteiger partial charge in [0, 0.05) is 11.6 Å². The summed E-state index contributed by atoms with van der Waals surface area (Å²) >= 11 is 5.57. The maximum atomic E-state index is 10.7. The second-order valence-corrected chi connectivity index (χ2v) is 3.39. The van der Waals surface area contributed by atoms with E-state index in [2.05, 4.69) is 0 Å².